The Labute approximate surface area is 151 Å². The summed E-state index contributed by atoms with van der Waals surface area (Å²) in [6.07, 6.45) is 1.54. The molecule has 0 bridgehead atoms. The summed E-state index contributed by atoms with van der Waals surface area (Å²) in [6.45, 7) is 8.09. The van der Waals surface area contributed by atoms with E-state index < -0.39 is 0 Å². The van der Waals surface area contributed by atoms with Crippen LogP contribution < -0.4 is 0 Å². The van der Waals surface area contributed by atoms with E-state index in [1.807, 2.05) is 18.7 Å². The Morgan fingerprint density at radius 3 is 2.88 bits per heavy atom. The van der Waals surface area contributed by atoms with Crippen molar-refractivity contribution in [2.24, 2.45) is 7.05 Å². The first-order valence-corrected chi connectivity index (χ1v) is 10.3. The molecule has 5 nitrogen and oxygen atoms in total. The number of ether oxygens (including phenoxy) is 1. The number of hydrogen-bond donors (Lipinski definition) is 0. The lowest BCUT2D eigenvalue weighted by atomic mass is 9.93. The third-order valence-electron chi connectivity index (χ3n) is 4.82. The molecule has 1 atom stereocenters. The van der Waals surface area contributed by atoms with Crippen LogP contribution in [0.3, 0.4) is 0 Å². The smallest absolute Gasteiger partial charge is 0.0900 e. The van der Waals surface area contributed by atoms with Crippen molar-refractivity contribution in [2.75, 3.05) is 18.8 Å². The van der Waals surface area contributed by atoms with Crippen LogP contribution in [-0.4, -0.2) is 49.4 Å². The largest absolute Gasteiger partial charge is 0.371 e. The minimum absolute atomic E-state index is 0.373. The van der Waals surface area contributed by atoms with Crippen molar-refractivity contribution < 1.29 is 4.74 Å². The molecular formula is C17H24N4OS2. The van der Waals surface area contributed by atoms with Crippen molar-refractivity contribution in [2.45, 2.75) is 44.3 Å². The van der Waals surface area contributed by atoms with Crippen molar-refractivity contribution in [3.05, 3.63) is 33.5 Å². The number of nitrogens with zero attached hydrogens (tertiary/aromatic N) is 4. The van der Waals surface area contributed by atoms with Gasteiger partial charge in [0.05, 0.1) is 34.8 Å². The Morgan fingerprint density at radius 1 is 1.38 bits per heavy atom. The predicted octanol–water partition coefficient (Wildman–Crippen LogP) is 2.77. The van der Waals surface area contributed by atoms with Gasteiger partial charge < -0.3 is 4.74 Å². The molecule has 0 N–H and O–H groups in total. The van der Waals surface area contributed by atoms with E-state index in [9.17, 15) is 0 Å². The van der Waals surface area contributed by atoms with Gasteiger partial charge in [-0.1, -0.05) is 0 Å². The molecule has 2 aromatic rings. The van der Waals surface area contributed by atoms with Gasteiger partial charge in [0.15, 0.2) is 0 Å². The molecule has 0 aliphatic carbocycles. The SMILES string of the molecule is Cc1cc(CN2CC3(CC(OCc4csc(C)n4)CS3)C2)n(C)n1. The van der Waals surface area contributed by atoms with Crippen LogP contribution in [0, 0.1) is 13.8 Å². The second-order valence-electron chi connectivity index (χ2n) is 7.03. The van der Waals surface area contributed by atoms with Gasteiger partial charge in [0.1, 0.15) is 0 Å². The van der Waals surface area contributed by atoms with E-state index in [4.69, 9.17) is 4.74 Å². The zero-order valence-corrected chi connectivity index (χ0v) is 16.1. The lowest BCUT2D eigenvalue weighted by Gasteiger charge is -2.47. The van der Waals surface area contributed by atoms with Gasteiger partial charge in [-0.2, -0.15) is 5.10 Å². The third kappa shape index (κ3) is 3.40. The fourth-order valence-electron chi connectivity index (χ4n) is 3.73. The summed E-state index contributed by atoms with van der Waals surface area (Å²) in [6, 6.07) is 2.19. The highest BCUT2D eigenvalue weighted by atomic mass is 32.2. The average Bonchev–Trinajstić information content (AvgIpc) is 3.17. The number of hydrogen-bond acceptors (Lipinski definition) is 6. The number of rotatable bonds is 5. The second kappa shape index (κ2) is 6.44. The maximum atomic E-state index is 6.10. The number of likely N-dealkylation sites (tertiary alicyclic amines) is 1. The summed E-state index contributed by atoms with van der Waals surface area (Å²) in [5.41, 5.74) is 3.48. The van der Waals surface area contributed by atoms with E-state index in [2.05, 4.69) is 45.1 Å². The molecule has 0 amide bonds. The highest BCUT2D eigenvalue weighted by molar-refractivity contribution is 8.01. The average molecular weight is 365 g/mol. The molecule has 2 aliphatic heterocycles. The minimum Gasteiger partial charge on any atom is -0.371 e. The number of thioether (sulfide) groups is 1. The molecule has 2 fully saturated rings. The Morgan fingerprint density at radius 2 is 2.21 bits per heavy atom. The quantitative estimate of drug-likeness (QED) is 0.816. The summed E-state index contributed by atoms with van der Waals surface area (Å²) < 4.78 is 8.52. The van der Waals surface area contributed by atoms with Gasteiger partial charge in [0.2, 0.25) is 0 Å². The fraction of sp³-hybridized carbons (Fsp3) is 0.647. The summed E-state index contributed by atoms with van der Waals surface area (Å²) in [7, 11) is 2.03. The van der Waals surface area contributed by atoms with Crippen molar-refractivity contribution in [1.82, 2.24) is 19.7 Å². The van der Waals surface area contributed by atoms with Crippen molar-refractivity contribution >= 4 is 23.1 Å². The first-order chi connectivity index (χ1) is 11.5. The molecule has 4 rings (SSSR count). The molecule has 2 aromatic heterocycles. The molecule has 2 saturated heterocycles. The standard InChI is InChI=1S/C17H24N4OS2/c1-12-4-15(20(3)19-12)6-21-10-17(11-21)5-16(9-24-17)22-7-14-8-23-13(2)18-14/h4,8,16H,5-7,9-11H2,1-3H3. The first-order valence-electron chi connectivity index (χ1n) is 8.40. The van der Waals surface area contributed by atoms with Gasteiger partial charge >= 0.3 is 0 Å². The summed E-state index contributed by atoms with van der Waals surface area (Å²) >= 11 is 3.79. The highest BCUT2D eigenvalue weighted by Gasteiger charge is 2.49. The number of aromatic nitrogens is 3. The summed E-state index contributed by atoms with van der Waals surface area (Å²) in [5, 5.41) is 7.66. The van der Waals surface area contributed by atoms with Crippen LogP contribution in [0.25, 0.3) is 0 Å². The van der Waals surface area contributed by atoms with E-state index in [0.29, 0.717) is 17.5 Å². The number of thiazole rings is 1. The first kappa shape index (κ1) is 16.6. The summed E-state index contributed by atoms with van der Waals surface area (Å²) in [4.78, 5) is 7.00. The Bertz CT molecular complexity index is 720. The van der Waals surface area contributed by atoms with E-state index in [-0.39, 0.29) is 0 Å². The fourth-order valence-corrected chi connectivity index (χ4v) is 5.93. The van der Waals surface area contributed by atoms with Crippen LogP contribution in [0.2, 0.25) is 0 Å². The molecule has 1 spiro atoms. The molecule has 0 aromatic carbocycles. The van der Waals surface area contributed by atoms with E-state index in [0.717, 1.165) is 41.8 Å². The zero-order valence-electron chi connectivity index (χ0n) is 14.5. The maximum absolute atomic E-state index is 6.10. The molecule has 7 heteroatoms. The Balaban J connectivity index is 1.25. The van der Waals surface area contributed by atoms with Crippen LogP contribution in [0.1, 0.15) is 28.5 Å². The van der Waals surface area contributed by atoms with Gasteiger partial charge in [-0.15, -0.1) is 23.1 Å². The van der Waals surface area contributed by atoms with Gasteiger partial charge in [-0.3, -0.25) is 9.58 Å². The van der Waals surface area contributed by atoms with Crippen LogP contribution >= 0.6 is 23.1 Å². The summed E-state index contributed by atoms with van der Waals surface area (Å²) in [5.74, 6) is 1.11. The van der Waals surface area contributed by atoms with E-state index >= 15 is 0 Å². The lowest BCUT2D eigenvalue weighted by Crippen LogP contribution is -2.58. The van der Waals surface area contributed by atoms with Gasteiger partial charge in [0, 0.05) is 42.6 Å². The maximum Gasteiger partial charge on any atom is 0.0900 e. The van der Waals surface area contributed by atoms with Crippen molar-refractivity contribution in [3.8, 4) is 0 Å². The third-order valence-corrected chi connectivity index (χ3v) is 7.21. The van der Waals surface area contributed by atoms with Gasteiger partial charge in [-0.25, -0.2) is 4.98 Å². The molecule has 1 unspecified atom stereocenters. The van der Waals surface area contributed by atoms with Crippen LogP contribution in [-0.2, 0) is 24.9 Å². The second-order valence-corrected chi connectivity index (χ2v) is 9.59. The molecule has 130 valence electrons. The number of aryl methyl sites for hydroxylation is 3. The Kier molecular flexibility index (Phi) is 4.45. The van der Waals surface area contributed by atoms with Crippen LogP contribution in [0.5, 0.6) is 0 Å². The molecule has 2 aliphatic rings. The minimum atomic E-state index is 0.373. The van der Waals surface area contributed by atoms with Crippen LogP contribution in [0.15, 0.2) is 11.4 Å². The molecule has 0 radical (unpaired) electrons. The van der Waals surface area contributed by atoms with E-state index in [1.54, 1.807) is 11.3 Å². The van der Waals surface area contributed by atoms with Crippen molar-refractivity contribution in [3.63, 3.8) is 0 Å². The normalized spacial score (nSPS) is 23.0. The van der Waals surface area contributed by atoms with Crippen LogP contribution in [0.4, 0.5) is 0 Å². The van der Waals surface area contributed by atoms with Gasteiger partial charge in [0.25, 0.3) is 0 Å². The van der Waals surface area contributed by atoms with Crippen molar-refractivity contribution in [1.29, 1.82) is 0 Å². The molecular weight excluding hydrogens is 340 g/mol. The monoisotopic (exact) mass is 364 g/mol. The lowest BCUT2D eigenvalue weighted by molar-refractivity contribution is 0.0247. The molecule has 0 saturated carbocycles. The molecule has 4 heterocycles. The zero-order chi connectivity index (χ0) is 16.7. The molecule has 24 heavy (non-hydrogen) atoms. The predicted molar refractivity (Wildman–Crippen MR) is 98.5 cm³/mol. The van der Waals surface area contributed by atoms with E-state index in [1.165, 1.54) is 12.1 Å². The van der Waals surface area contributed by atoms with Gasteiger partial charge in [-0.05, 0) is 26.3 Å². The highest BCUT2D eigenvalue weighted by Crippen LogP contribution is 2.46. The Hall–Kier alpha value is -0.890. The topological polar surface area (TPSA) is 43.2 Å².